The first kappa shape index (κ1) is 22.6. The molecule has 164 valence electrons. The van der Waals surface area contributed by atoms with Crippen LogP contribution in [0.4, 0.5) is 0 Å². The Kier molecular flexibility index (Phi) is 7.29. The van der Waals surface area contributed by atoms with Crippen molar-refractivity contribution in [2.75, 3.05) is 5.75 Å². The number of thiophene rings is 1. The Labute approximate surface area is 199 Å². The van der Waals surface area contributed by atoms with Crippen LogP contribution in [0.3, 0.4) is 0 Å². The Morgan fingerprint density at radius 3 is 2.66 bits per heavy atom. The zero-order valence-corrected chi connectivity index (χ0v) is 19.8. The van der Waals surface area contributed by atoms with Gasteiger partial charge in [0, 0.05) is 11.1 Å². The summed E-state index contributed by atoms with van der Waals surface area (Å²) >= 11 is 8.63. The van der Waals surface area contributed by atoms with Gasteiger partial charge in [-0.2, -0.15) is 0 Å². The Hall–Kier alpha value is -2.61. The number of benzene rings is 2. The van der Waals surface area contributed by atoms with Gasteiger partial charge in [-0.1, -0.05) is 53.7 Å². The number of nitrogens with zero attached hydrogens (tertiary/aromatic N) is 2. The highest BCUT2D eigenvalue weighted by Crippen LogP contribution is 2.24. The topological polar surface area (TPSA) is 64.0 Å². The van der Waals surface area contributed by atoms with Gasteiger partial charge in [-0.25, -0.2) is 4.98 Å². The van der Waals surface area contributed by atoms with Crippen molar-refractivity contribution in [1.82, 2.24) is 14.9 Å². The largest absolute Gasteiger partial charge is 0.353 e. The molecule has 0 saturated heterocycles. The molecule has 0 bridgehead atoms. The summed E-state index contributed by atoms with van der Waals surface area (Å²) in [4.78, 5) is 30.3. The molecule has 2 heterocycles. The number of thioether (sulfide) groups is 1. The van der Waals surface area contributed by atoms with E-state index in [0.717, 1.165) is 12.8 Å². The van der Waals surface area contributed by atoms with E-state index < -0.39 is 0 Å². The lowest BCUT2D eigenvalue weighted by Crippen LogP contribution is -2.34. The second-order valence-electron chi connectivity index (χ2n) is 7.43. The van der Waals surface area contributed by atoms with Gasteiger partial charge >= 0.3 is 0 Å². The predicted molar refractivity (Wildman–Crippen MR) is 133 cm³/mol. The van der Waals surface area contributed by atoms with Gasteiger partial charge in [0.15, 0.2) is 5.16 Å². The fraction of sp³-hybridized carbons (Fsp3) is 0.208. The first-order chi connectivity index (χ1) is 15.5. The van der Waals surface area contributed by atoms with Crippen molar-refractivity contribution < 1.29 is 4.79 Å². The molecule has 5 nitrogen and oxygen atoms in total. The van der Waals surface area contributed by atoms with Crippen LogP contribution in [0, 0.1) is 0 Å². The van der Waals surface area contributed by atoms with E-state index in [1.807, 2.05) is 36.6 Å². The number of nitrogens with one attached hydrogen (secondary N) is 1. The van der Waals surface area contributed by atoms with E-state index in [-0.39, 0.29) is 23.3 Å². The maximum Gasteiger partial charge on any atom is 0.276 e. The number of halogens is 1. The molecule has 0 fully saturated rings. The highest BCUT2D eigenvalue weighted by molar-refractivity contribution is 7.99. The number of carbonyl (C=O) groups is 1. The zero-order valence-electron chi connectivity index (χ0n) is 17.5. The van der Waals surface area contributed by atoms with Crippen molar-refractivity contribution in [2.45, 2.75) is 31.0 Å². The third-order valence-electron chi connectivity index (χ3n) is 4.98. The van der Waals surface area contributed by atoms with Gasteiger partial charge in [0.25, 0.3) is 5.56 Å². The first-order valence-corrected chi connectivity index (χ1v) is 12.5. The molecule has 0 aliphatic carbocycles. The molecule has 0 unspecified atom stereocenters. The molecule has 8 heteroatoms. The molecule has 1 amide bonds. The average molecular weight is 484 g/mol. The normalized spacial score (nSPS) is 12.1. The van der Waals surface area contributed by atoms with Crippen LogP contribution < -0.4 is 10.9 Å². The van der Waals surface area contributed by atoms with E-state index in [1.54, 1.807) is 28.8 Å². The number of carbonyl (C=O) groups excluding carboxylic acids is 1. The van der Waals surface area contributed by atoms with Crippen LogP contribution in [-0.2, 0) is 11.2 Å². The van der Waals surface area contributed by atoms with Crippen molar-refractivity contribution in [3.8, 4) is 5.69 Å². The van der Waals surface area contributed by atoms with Crippen LogP contribution in [0.5, 0.6) is 0 Å². The van der Waals surface area contributed by atoms with Crippen LogP contribution >= 0.6 is 34.7 Å². The molecule has 0 saturated carbocycles. The minimum Gasteiger partial charge on any atom is -0.353 e. The van der Waals surface area contributed by atoms with Crippen molar-refractivity contribution >= 4 is 50.8 Å². The summed E-state index contributed by atoms with van der Waals surface area (Å²) in [6.45, 7) is 2.00. The summed E-state index contributed by atoms with van der Waals surface area (Å²) in [6, 6.07) is 19.1. The fourth-order valence-electron chi connectivity index (χ4n) is 3.35. The number of rotatable bonds is 8. The Morgan fingerprint density at radius 1 is 1.16 bits per heavy atom. The summed E-state index contributed by atoms with van der Waals surface area (Å²) in [6.07, 6.45) is 1.76. The van der Waals surface area contributed by atoms with Crippen molar-refractivity contribution in [2.24, 2.45) is 0 Å². The second-order valence-corrected chi connectivity index (χ2v) is 9.72. The molecule has 1 N–H and O–H groups in total. The fourth-order valence-corrected chi connectivity index (χ4v) is 5.06. The first-order valence-electron chi connectivity index (χ1n) is 10.2. The number of aromatic nitrogens is 2. The summed E-state index contributed by atoms with van der Waals surface area (Å²) in [5.41, 5.74) is 2.42. The van der Waals surface area contributed by atoms with Crippen LogP contribution in [0.15, 0.2) is 76.0 Å². The third-order valence-corrected chi connectivity index (χ3v) is 7.06. The average Bonchev–Trinajstić information content (AvgIpc) is 3.27. The van der Waals surface area contributed by atoms with Crippen molar-refractivity contribution in [3.05, 3.63) is 87.0 Å². The lowest BCUT2D eigenvalue weighted by Gasteiger charge is -2.15. The van der Waals surface area contributed by atoms with E-state index >= 15 is 0 Å². The molecule has 4 aromatic rings. The molecule has 0 aliphatic heterocycles. The van der Waals surface area contributed by atoms with E-state index in [1.165, 1.54) is 28.7 Å². The number of fused-ring (bicyclic) bond motifs is 1. The predicted octanol–water partition coefficient (Wildman–Crippen LogP) is 5.33. The van der Waals surface area contributed by atoms with Crippen molar-refractivity contribution in [1.29, 1.82) is 0 Å². The van der Waals surface area contributed by atoms with Crippen LogP contribution in [0.25, 0.3) is 15.9 Å². The minimum atomic E-state index is -0.147. The summed E-state index contributed by atoms with van der Waals surface area (Å²) in [5.74, 6) is 0.0867. The number of hydrogen-bond donors (Lipinski definition) is 1. The van der Waals surface area contributed by atoms with E-state index in [2.05, 4.69) is 22.4 Å². The smallest absolute Gasteiger partial charge is 0.276 e. The highest BCUT2D eigenvalue weighted by Gasteiger charge is 2.16. The maximum atomic E-state index is 13.1. The molecular weight excluding hydrogens is 462 g/mol. The SMILES string of the molecule is C[C@H](CCc1ccccc1)NC(=O)CSc1nc2ccsc2c(=O)n1-c1ccc(Cl)cc1. The van der Waals surface area contributed by atoms with E-state index in [0.29, 0.717) is 26.1 Å². The number of hydrogen-bond acceptors (Lipinski definition) is 5. The Morgan fingerprint density at radius 2 is 1.91 bits per heavy atom. The number of aryl methyl sites for hydroxylation is 1. The van der Waals surface area contributed by atoms with Gasteiger partial charge < -0.3 is 5.32 Å². The Balaban J connectivity index is 1.46. The molecule has 2 aromatic carbocycles. The summed E-state index contributed by atoms with van der Waals surface area (Å²) in [7, 11) is 0. The molecule has 0 radical (unpaired) electrons. The van der Waals surface area contributed by atoms with Gasteiger partial charge in [-0.3, -0.25) is 14.2 Å². The second kappa shape index (κ2) is 10.3. The minimum absolute atomic E-state index is 0.0501. The summed E-state index contributed by atoms with van der Waals surface area (Å²) < 4.78 is 2.13. The van der Waals surface area contributed by atoms with Gasteiger partial charge in [-0.05, 0) is 61.0 Å². The van der Waals surface area contributed by atoms with Crippen LogP contribution in [-0.4, -0.2) is 27.3 Å². The lowest BCUT2D eigenvalue weighted by molar-refractivity contribution is -0.119. The third kappa shape index (κ3) is 5.41. The van der Waals surface area contributed by atoms with Crippen molar-refractivity contribution in [3.63, 3.8) is 0 Å². The van der Waals surface area contributed by atoms with Gasteiger partial charge in [0.1, 0.15) is 4.70 Å². The summed E-state index contributed by atoms with van der Waals surface area (Å²) in [5, 5.41) is 5.96. The van der Waals surface area contributed by atoms with Gasteiger partial charge in [0.05, 0.1) is 17.0 Å². The molecular formula is C24H22ClN3O2S2. The van der Waals surface area contributed by atoms with E-state index in [9.17, 15) is 9.59 Å². The van der Waals surface area contributed by atoms with Gasteiger partial charge in [0.2, 0.25) is 5.91 Å². The molecule has 2 aromatic heterocycles. The highest BCUT2D eigenvalue weighted by atomic mass is 35.5. The maximum absolute atomic E-state index is 13.1. The molecule has 32 heavy (non-hydrogen) atoms. The quantitative estimate of drug-likeness (QED) is 0.272. The number of amides is 1. The monoisotopic (exact) mass is 483 g/mol. The standard InChI is InChI=1S/C24H22ClN3O2S2/c1-16(7-8-17-5-3-2-4-6-17)26-21(29)15-32-24-27-20-13-14-31-22(20)23(30)28(24)19-11-9-18(25)10-12-19/h2-6,9-14,16H,7-8,15H2,1H3,(H,26,29)/t16-/m1/s1. The lowest BCUT2D eigenvalue weighted by atomic mass is 10.1. The van der Waals surface area contributed by atoms with Crippen LogP contribution in [0.1, 0.15) is 18.9 Å². The van der Waals surface area contributed by atoms with Crippen LogP contribution in [0.2, 0.25) is 5.02 Å². The Bertz CT molecular complexity index is 1270. The molecule has 0 aliphatic rings. The van der Waals surface area contributed by atoms with Gasteiger partial charge in [-0.15, -0.1) is 11.3 Å². The van der Waals surface area contributed by atoms with E-state index in [4.69, 9.17) is 11.6 Å². The molecule has 4 rings (SSSR count). The molecule has 1 atom stereocenters. The molecule has 0 spiro atoms. The zero-order chi connectivity index (χ0) is 22.5.